The molecule has 0 heterocycles. The maximum atomic E-state index is 5.52. The minimum atomic E-state index is -1.70. The van der Waals surface area contributed by atoms with Crippen LogP contribution >= 0.6 is 0 Å². The summed E-state index contributed by atoms with van der Waals surface area (Å²) in [5.41, 5.74) is 11.0. The summed E-state index contributed by atoms with van der Waals surface area (Å²) in [6, 6.07) is 0. The summed E-state index contributed by atoms with van der Waals surface area (Å²) in [6.07, 6.45) is 0. The van der Waals surface area contributed by atoms with Gasteiger partial charge >= 0.3 is 0 Å². The van der Waals surface area contributed by atoms with E-state index in [0.29, 0.717) is 46.5 Å². The van der Waals surface area contributed by atoms with Gasteiger partial charge < -0.3 is 4.74 Å². The standard InChI is InChI=1S/C28H46OSi2/c1-23(2)30(24(3)4,25(5)6)21-17-13-15-19-29-20-16-14-18-22-31(26(7)8,27(9)10)28(11)12/h23-28H,19-20H2,1-12H3. The second kappa shape index (κ2) is 13.9. The summed E-state index contributed by atoms with van der Waals surface area (Å²) in [6.45, 7) is 28.5. The topological polar surface area (TPSA) is 9.23 Å². The minimum absolute atomic E-state index is 0.360. The van der Waals surface area contributed by atoms with Crippen LogP contribution in [0.5, 0.6) is 0 Å². The molecule has 0 saturated carbocycles. The fourth-order valence-corrected chi connectivity index (χ4v) is 15.7. The summed E-state index contributed by atoms with van der Waals surface area (Å²) >= 11 is 0. The third-order valence-electron chi connectivity index (χ3n) is 6.94. The van der Waals surface area contributed by atoms with Crippen LogP contribution in [0.3, 0.4) is 0 Å². The third kappa shape index (κ3) is 7.92. The number of hydrogen-bond acceptors (Lipinski definition) is 1. The molecule has 0 aromatic heterocycles. The smallest absolute Gasteiger partial charge is 0.147 e. The van der Waals surface area contributed by atoms with Crippen LogP contribution in [0, 0.1) is 46.6 Å². The van der Waals surface area contributed by atoms with Gasteiger partial charge in [0.15, 0.2) is 0 Å². The minimum Gasteiger partial charge on any atom is -0.356 e. The summed E-state index contributed by atoms with van der Waals surface area (Å²) in [5, 5.41) is 0. The molecule has 0 aliphatic heterocycles. The van der Waals surface area contributed by atoms with Gasteiger partial charge in [-0.05, 0) is 56.9 Å². The predicted octanol–water partition coefficient (Wildman–Crippen LogP) is 7.45. The fourth-order valence-electron chi connectivity index (χ4n) is 5.46. The first-order valence-corrected chi connectivity index (χ1v) is 16.4. The van der Waals surface area contributed by atoms with Crippen molar-refractivity contribution in [3.05, 3.63) is 0 Å². The largest absolute Gasteiger partial charge is 0.356 e. The monoisotopic (exact) mass is 454 g/mol. The Hall–Kier alpha value is -1.37. The second-order valence-corrected chi connectivity index (χ2v) is 21.6. The van der Waals surface area contributed by atoms with Crippen molar-refractivity contribution in [2.45, 2.75) is 116 Å². The average molecular weight is 455 g/mol. The molecule has 0 aliphatic carbocycles. The summed E-state index contributed by atoms with van der Waals surface area (Å²) in [7, 11) is -3.39. The van der Waals surface area contributed by atoms with Gasteiger partial charge in [-0.25, -0.2) is 0 Å². The zero-order chi connectivity index (χ0) is 24.2. The van der Waals surface area contributed by atoms with Crippen molar-refractivity contribution >= 4 is 16.1 Å². The van der Waals surface area contributed by atoms with Crippen LogP contribution in [0.2, 0.25) is 33.2 Å². The van der Waals surface area contributed by atoms with E-state index in [2.05, 4.69) is 130 Å². The summed E-state index contributed by atoms with van der Waals surface area (Å²) in [5.74, 6) is 18.3. The molecule has 0 atom stereocenters. The lowest BCUT2D eigenvalue weighted by molar-refractivity contribution is 0.204. The van der Waals surface area contributed by atoms with Gasteiger partial charge in [-0.2, -0.15) is 0 Å². The lowest BCUT2D eigenvalue weighted by Gasteiger charge is -2.37. The quantitative estimate of drug-likeness (QED) is 0.210. The lowest BCUT2D eigenvalue weighted by Crippen LogP contribution is -2.43. The van der Waals surface area contributed by atoms with Gasteiger partial charge in [0.1, 0.15) is 29.4 Å². The number of rotatable bonds is 8. The van der Waals surface area contributed by atoms with Gasteiger partial charge in [-0.3, -0.25) is 0 Å². The van der Waals surface area contributed by atoms with Gasteiger partial charge in [0.2, 0.25) is 0 Å². The molecule has 0 aliphatic rings. The van der Waals surface area contributed by atoms with Crippen LogP contribution in [0.1, 0.15) is 83.1 Å². The third-order valence-corrected chi connectivity index (χ3v) is 19.5. The Morgan fingerprint density at radius 3 is 0.935 bits per heavy atom. The highest BCUT2D eigenvalue weighted by atomic mass is 28.3. The Morgan fingerprint density at radius 1 is 0.452 bits per heavy atom. The van der Waals surface area contributed by atoms with Gasteiger partial charge in [0.05, 0.1) is 0 Å². The number of hydrogen-bond donors (Lipinski definition) is 0. The molecular weight excluding hydrogens is 408 g/mol. The van der Waals surface area contributed by atoms with Crippen molar-refractivity contribution in [1.82, 2.24) is 0 Å². The van der Waals surface area contributed by atoms with E-state index in [-0.39, 0.29) is 0 Å². The highest BCUT2D eigenvalue weighted by molar-refractivity contribution is 6.91. The zero-order valence-corrected chi connectivity index (χ0v) is 24.3. The van der Waals surface area contributed by atoms with Crippen molar-refractivity contribution in [3.8, 4) is 46.6 Å². The van der Waals surface area contributed by atoms with E-state index in [0.717, 1.165) is 0 Å². The normalized spacial score (nSPS) is 11.7. The molecule has 0 bridgehead atoms. The van der Waals surface area contributed by atoms with Crippen molar-refractivity contribution in [2.75, 3.05) is 13.2 Å². The molecule has 0 saturated heterocycles. The van der Waals surface area contributed by atoms with E-state index in [1.54, 1.807) is 0 Å². The first kappa shape index (κ1) is 29.6. The Labute approximate surface area is 196 Å². The predicted molar refractivity (Wildman–Crippen MR) is 144 cm³/mol. The molecule has 172 valence electrons. The van der Waals surface area contributed by atoms with E-state index in [9.17, 15) is 0 Å². The molecule has 0 spiro atoms. The van der Waals surface area contributed by atoms with Crippen LogP contribution in [0.4, 0.5) is 0 Å². The first-order chi connectivity index (χ1) is 14.4. The summed E-state index contributed by atoms with van der Waals surface area (Å²) < 4.78 is 5.52. The Kier molecular flexibility index (Phi) is 13.3. The van der Waals surface area contributed by atoms with Gasteiger partial charge in [-0.15, -0.1) is 11.1 Å². The second-order valence-electron chi connectivity index (χ2n) is 10.4. The van der Waals surface area contributed by atoms with E-state index < -0.39 is 16.1 Å². The molecule has 0 aromatic rings. The maximum Gasteiger partial charge on any atom is 0.147 e. The molecule has 31 heavy (non-hydrogen) atoms. The average Bonchev–Trinajstić information content (AvgIpc) is 2.63. The molecule has 0 fully saturated rings. The van der Waals surface area contributed by atoms with Crippen molar-refractivity contribution in [1.29, 1.82) is 0 Å². The SMILES string of the molecule is CC(C)[Si](C#CC#CCOCC#CC#C[Si](C(C)C)(C(C)C)C(C)C)(C(C)C)C(C)C. The molecule has 1 nitrogen and oxygen atoms in total. The summed E-state index contributed by atoms with van der Waals surface area (Å²) in [4.78, 5) is 0. The first-order valence-electron chi connectivity index (χ1n) is 11.9. The Bertz CT molecular complexity index is 675. The van der Waals surface area contributed by atoms with Crippen molar-refractivity contribution in [2.24, 2.45) is 0 Å². The van der Waals surface area contributed by atoms with Crippen LogP contribution in [-0.4, -0.2) is 29.4 Å². The van der Waals surface area contributed by atoms with Gasteiger partial charge in [0, 0.05) is 0 Å². The van der Waals surface area contributed by atoms with Crippen LogP contribution < -0.4 is 0 Å². The van der Waals surface area contributed by atoms with Crippen LogP contribution in [-0.2, 0) is 4.74 Å². The maximum absolute atomic E-state index is 5.52. The molecule has 0 aromatic carbocycles. The van der Waals surface area contributed by atoms with E-state index >= 15 is 0 Å². The lowest BCUT2D eigenvalue weighted by atomic mass is 10.5. The van der Waals surface area contributed by atoms with E-state index in [4.69, 9.17) is 4.74 Å². The zero-order valence-electron chi connectivity index (χ0n) is 22.3. The molecule has 0 unspecified atom stereocenters. The van der Waals surface area contributed by atoms with Crippen molar-refractivity contribution in [3.63, 3.8) is 0 Å². The molecule has 0 rings (SSSR count). The van der Waals surface area contributed by atoms with Gasteiger partial charge in [0.25, 0.3) is 0 Å². The highest BCUT2D eigenvalue weighted by Crippen LogP contribution is 2.41. The molecule has 3 heteroatoms. The van der Waals surface area contributed by atoms with Crippen LogP contribution in [0.25, 0.3) is 0 Å². The Balaban J connectivity index is 4.95. The molecule has 0 N–H and O–H groups in total. The van der Waals surface area contributed by atoms with E-state index in [1.165, 1.54) is 0 Å². The molecule has 0 radical (unpaired) electrons. The van der Waals surface area contributed by atoms with Crippen LogP contribution in [0.15, 0.2) is 0 Å². The fraction of sp³-hybridized carbons (Fsp3) is 0.714. The molecular formula is C28H46OSi2. The number of ether oxygens (including phenoxy) is 1. The van der Waals surface area contributed by atoms with Crippen molar-refractivity contribution < 1.29 is 4.74 Å². The highest BCUT2D eigenvalue weighted by Gasteiger charge is 2.42. The molecule has 0 amide bonds. The van der Waals surface area contributed by atoms with E-state index in [1.807, 2.05) is 0 Å². The van der Waals surface area contributed by atoms with Gasteiger partial charge in [-0.1, -0.05) is 94.9 Å². The Morgan fingerprint density at radius 2 is 0.710 bits per heavy atom.